The number of aliphatic hydroxyl groups excluding tert-OH is 2. The minimum absolute atomic E-state index is 0.130. The second kappa shape index (κ2) is 15.6. The molecule has 47 heavy (non-hydrogen) atoms. The first kappa shape index (κ1) is 35.6. The summed E-state index contributed by atoms with van der Waals surface area (Å²) in [4.78, 5) is 9.58. The maximum atomic E-state index is 12.9. The Morgan fingerprint density at radius 1 is 1.17 bits per heavy atom. The van der Waals surface area contributed by atoms with Crippen molar-refractivity contribution in [1.29, 1.82) is 0 Å². The summed E-state index contributed by atoms with van der Waals surface area (Å²) in [6.07, 6.45) is 1.76. The van der Waals surface area contributed by atoms with Gasteiger partial charge in [0.25, 0.3) is 0 Å². The van der Waals surface area contributed by atoms with E-state index in [2.05, 4.69) is 9.35 Å². The highest BCUT2D eigenvalue weighted by Gasteiger charge is 2.39. The summed E-state index contributed by atoms with van der Waals surface area (Å²) < 4.78 is 38.7. The van der Waals surface area contributed by atoms with Crippen LogP contribution < -0.4 is 4.74 Å². The molecule has 2 aromatic carbocycles. The molecule has 4 unspecified atom stereocenters. The lowest BCUT2D eigenvalue weighted by molar-refractivity contribution is -0.0357. The molecule has 1 fully saturated rings. The SMILES string of the molecule is CCN(C)S(C)(=O)=Nc1ccc(-c2ccc(-c3nc4c(cc3Cl)nc(O[C@H](CO)C3OCC(O)C3C)n4COCCSC)cc2)cc1. The summed E-state index contributed by atoms with van der Waals surface area (Å²) in [6.45, 7) is 4.96. The maximum Gasteiger partial charge on any atom is 0.301 e. The van der Waals surface area contributed by atoms with Gasteiger partial charge in [-0.1, -0.05) is 61.8 Å². The number of rotatable bonds is 14. The van der Waals surface area contributed by atoms with E-state index in [-0.39, 0.29) is 31.9 Å². The largest absolute Gasteiger partial charge is 0.456 e. The zero-order chi connectivity index (χ0) is 33.7. The van der Waals surface area contributed by atoms with Crippen molar-refractivity contribution in [3.8, 4) is 28.4 Å². The van der Waals surface area contributed by atoms with Crippen molar-refractivity contribution in [2.24, 2.45) is 10.3 Å². The van der Waals surface area contributed by atoms with Gasteiger partial charge in [0.1, 0.15) is 28.3 Å². The lowest BCUT2D eigenvalue weighted by Crippen LogP contribution is -2.40. The highest BCUT2D eigenvalue weighted by molar-refractivity contribution is 7.98. The number of ether oxygens (including phenoxy) is 3. The fourth-order valence-electron chi connectivity index (χ4n) is 5.27. The quantitative estimate of drug-likeness (QED) is 0.164. The smallest absolute Gasteiger partial charge is 0.301 e. The van der Waals surface area contributed by atoms with Crippen LogP contribution in [-0.2, 0) is 26.1 Å². The Morgan fingerprint density at radius 2 is 1.83 bits per heavy atom. The molecule has 0 saturated carbocycles. The Hall–Kier alpha value is -2.75. The van der Waals surface area contributed by atoms with Gasteiger partial charge >= 0.3 is 6.01 Å². The first-order valence-electron chi connectivity index (χ1n) is 15.4. The summed E-state index contributed by atoms with van der Waals surface area (Å²) in [6, 6.07) is 17.5. The van der Waals surface area contributed by atoms with Gasteiger partial charge in [0.05, 0.1) is 42.3 Å². The second-order valence-corrected chi connectivity index (χ2v) is 15.2. The van der Waals surface area contributed by atoms with Crippen molar-refractivity contribution >= 4 is 50.1 Å². The maximum absolute atomic E-state index is 12.9. The van der Waals surface area contributed by atoms with Gasteiger partial charge in [0.15, 0.2) is 11.8 Å². The van der Waals surface area contributed by atoms with Crippen LogP contribution in [0.5, 0.6) is 6.01 Å². The molecule has 0 radical (unpaired) electrons. The van der Waals surface area contributed by atoms with Crippen LogP contribution in [0.2, 0.25) is 5.02 Å². The molecule has 4 aromatic rings. The average molecular weight is 704 g/mol. The molecule has 254 valence electrons. The number of hydrogen-bond acceptors (Lipinski definition) is 10. The van der Waals surface area contributed by atoms with E-state index in [0.29, 0.717) is 40.7 Å². The van der Waals surface area contributed by atoms with Crippen molar-refractivity contribution in [1.82, 2.24) is 18.8 Å². The van der Waals surface area contributed by atoms with Crippen molar-refractivity contribution < 1.29 is 28.6 Å². The Morgan fingerprint density at radius 3 is 2.43 bits per heavy atom. The minimum Gasteiger partial charge on any atom is -0.456 e. The van der Waals surface area contributed by atoms with Crippen LogP contribution in [0, 0.1) is 5.92 Å². The summed E-state index contributed by atoms with van der Waals surface area (Å²) in [7, 11) is -0.683. The van der Waals surface area contributed by atoms with E-state index in [0.717, 1.165) is 22.4 Å². The first-order chi connectivity index (χ1) is 22.6. The van der Waals surface area contributed by atoms with E-state index in [9.17, 15) is 14.4 Å². The van der Waals surface area contributed by atoms with Gasteiger partial charge in [0, 0.05) is 37.1 Å². The fourth-order valence-corrected chi connectivity index (χ4v) is 6.94. The van der Waals surface area contributed by atoms with Crippen LogP contribution in [0.1, 0.15) is 13.8 Å². The Balaban J connectivity index is 1.43. The molecule has 0 spiro atoms. The monoisotopic (exact) mass is 703 g/mol. The Labute approximate surface area is 285 Å². The molecule has 2 aromatic heterocycles. The minimum atomic E-state index is -2.48. The normalized spacial score (nSPS) is 20.1. The molecule has 2 N–H and O–H groups in total. The highest BCUT2D eigenvalue weighted by Crippen LogP contribution is 2.34. The molecule has 0 amide bonds. The number of nitrogens with zero attached hydrogens (tertiary/aromatic N) is 5. The number of fused-ring (bicyclic) bond motifs is 1. The summed E-state index contributed by atoms with van der Waals surface area (Å²) in [5, 5.41) is 20.8. The standard InChI is InChI=1S/C33H42ClN5O6S2/c1-6-38(3)47(5,42)37-25-13-11-23(12-14-25)22-7-9-24(10-8-22)30-26(34)17-27-32(36-30)39(20-43-15-16-46-4)33(35-27)45-29(18-40)31-21(2)28(41)19-44-31/h7-14,17,21,28-29,31,40-41H,6,15-16,18-20H2,1-5H3/t21?,28?,29-,31?,47?/m1/s1. The van der Waals surface area contributed by atoms with Gasteiger partial charge in [-0.2, -0.15) is 21.1 Å². The van der Waals surface area contributed by atoms with Crippen molar-refractivity contribution in [2.45, 2.75) is 38.9 Å². The van der Waals surface area contributed by atoms with E-state index >= 15 is 0 Å². The van der Waals surface area contributed by atoms with Gasteiger partial charge in [-0.15, -0.1) is 0 Å². The van der Waals surface area contributed by atoms with E-state index in [1.165, 1.54) is 0 Å². The summed E-state index contributed by atoms with van der Waals surface area (Å²) in [5.74, 6) is 0.595. The lowest BCUT2D eigenvalue weighted by atomic mass is 9.97. The Kier molecular flexibility index (Phi) is 11.8. The van der Waals surface area contributed by atoms with Crippen LogP contribution in [0.25, 0.3) is 33.5 Å². The number of aromatic nitrogens is 3. The van der Waals surface area contributed by atoms with Gasteiger partial charge in [-0.3, -0.25) is 4.57 Å². The van der Waals surface area contributed by atoms with Gasteiger partial charge in [-0.05, 0) is 35.6 Å². The number of aliphatic hydroxyl groups is 2. The topological polar surface area (TPSA) is 132 Å². The van der Waals surface area contributed by atoms with Crippen molar-refractivity contribution in [3.05, 3.63) is 59.6 Å². The van der Waals surface area contributed by atoms with E-state index in [1.807, 2.05) is 68.6 Å². The van der Waals surface area contributed by atoms with Crippen molar-refractivity contribution in [3.63, 3.8) is 0 Å². The third kappa shape index (κ3) is 8.11. The third-order valence-corrected chi connectivity index (χ3v) is 11.2. The summed E-state index contributed by atoms with van der Waals surface area (Å²) in [5.41, 5.74) is 5.07. The van der Waals surface area contributed by atoms with Gasteiger partial charge in [-0.25, -0.2) is 13.5 Å². The molecule has 5 atom stereocenters. The predicted octanol–water partition coefficient (Wildman–Crippen LogP) is 5.49. The molecule has 5 rings (SSSR count). The highest BCUT2D eigenvalue weighted by atomic mass is 35.5. The number of thioether (sulfide) groups is 1. The van der Waals surface area contributed by atoms with Crippen molar-refractivity contribution in [2.75, 3.05) is 51.7 Å². The molecule has 1 aliphatic rings. The molecule has 3 heterocycles. The van der Waals surface area contributed by atoms with Gasteiger partial charge < -0.3 is 24.4 Å². The first-order valence-corrected chi connectivity index (χ1v) is 19.1. The van der Waals surface area contributed by atoms with Crippen LogP contribution in [-0.4, -0.2) is 103 Å². The molecule has 14 heteroatoms. The van der Waals surface area contributed by atoms with E-state index in [4.69, 9.17) is 30.8 Å². The number of halogens is 1. The molecule has 0 bridgehead atoms. The molecule has 1 saturated heterocycles. The lowest BCUT2D eigenvalue weighted by Gasteiger charge is -2.25. The second-order valence-electron chi connectivity index (χ2n) is 11.5. The Bertz CT molecular complexity index is 1780. The average Bonchev–Trinajstić information content (AvgIpc) is 3.58. The fraction of sp³-hybridized carbons (Fsp3) is 0.455. The number of hydrogen-bond donors (Lipinski definition) is 2. The van der Waals surface area contributed by atoms with Gasteiger partial charge in [0.2, 0.25) is 0 Å². The molecule has 11 nitrogen and oxygen atoms in total. The van der Waals surface area contributed by atoms with Crippen LogP contribution >= 0.6 is 23.4 Å². The zero-order valence-electron chi connectivity index (χ0n) is 27.2. The van der Waals surface area contributed by atoms with Crippen LogP contribution in [0.15, 0.2) is 59.0 Å². The number of imidazole rings is 1. The number of benzene rings is 2. The molecular formula is C33H42ClN5O6S2. The molecule has 0 aliphatic carbocycles. The number of pyridine rings is 1. The van der Waals surface area contributed by atoms with E-state index in [1.54, 1.807) is 40.0 Å². The van der Waals surface area contributed by atoms with E-state index < -0.39 is 28.2 Å². The van der Waals surface area contributed by atoms with Crippen LogP contribution in [0.3, 0.4) is 0 Å². The predicted molar refractivity (Wildman–Crippen MR) is 189 cm³/mol. The van der Waals surface area contributed by atoms with Crippen LogP contribution in [0.4, 0.5) is 5.69 Å². The summed E-state index contributed by atoms with van der Waals surface area (Å²) >= 11 is 8.44. The third-order valence-electron chi connectivity index (χ3n) is 8.34. The molecular weight excluding hydrogens is 662 g/mol. The zero-order valence-corrected chi connectivity index (χ0v) is 29.6. The molecule has 1 aliphatic heterocycles.